The van der Waals surface area contributed by atoms with E-state index in [2.05, 4.69) is 16.0 Å². The van der Waals surface area contributed by atoms with Crippen molar-refractivity contribution in [3.8, 4) is 11.5 Å². The number of nitrogens with one attached hydrogen (secondary N) is 3. The highest BCUT2D eigenvalue weighted by molar-refractivity contribution is 7.80. The predicted octanol–water partition coefficient (Wildman–Crippen LogP) is 3.63. The number of benzene rings is 3. The van der Waals surface area contributed by atoms with Gasteiger partial charge in [0.2, 0.25) is 0 Å². The van der Waals surface area contributed by atoms with Gasteiger partial charge in [0, 0.05) is 23.9 Å². The van der Waals surface area contributed by atoms with Gasteiger partial charge in [0.1, 0.15) is 24.7 Å². The van der Waals surface area contributed by atoms with Gasteiger partial charge in [0.15, 0.2) is 5.11 Å². The summed E-state index contributed by atoms with van der Waals surface area (Å²) in [4.78, 5) is 24.2. The Labute approximate surface area is 191 Å². The summed E-state index contributed by atoms with van der Waals surface area (Å²) >= 11 is 5.20. The van der Waals surface area contributed by atoms with E-state index in [0.29, 0.717) is 35.8 Å². The van der Waals surface area contributed by atoms with E-state index in [4.69, 9.17) is 21.7 Å². The molecule has 7 nitrogen and oxygen atoms in total. The van der Waals surface area contributed by atoms with Gasteiger partial charge in [0.25, 0.3) is 11.8 Å². The van der Waals surface area contributed by atoms with Crippen molar-refractivity contribution >= 4 is 34.8 Å². The second-order valence-electron chi connectivity index (χ2n) is 6.60. The minimum atomic E-state index is -0.357. The molecule has 0 unspecified atom stereocenters. The van der Waals surface area contributed by atoms with Crippen LogP contribution in [0.4, 0.5) is 5.69 Å². The third-order valence-corrected chi connectivity index (χ3v) is 4.52. The lowest BCUT2D eigenvalue weighted by Crippen LogP contribution is -2.34. The van der Waals surface area contributed by atoms with Crippen molar-refractivity contribution in [1.82, 2.24) is 10.6 Å². The molecule has 32 heavy (non-hydrogen) atoms. The van der Waals surface area contributed by atoms with Crippen LogP contribution in [0.2, 0.25) is 0 Å². The zero-order valence-electron chi connectivity index (χ0n) is 17.5. The number of carbonyl (C=O) groups excluding carboxylic acids is 2. The van der Waals surface area contributed by atoms with Crippen LogP contribution < -0.4 is 25.4 Å². The lowest BCUT2D eigenvalue weighted by atomic mass is 10.2. The molecule has 0 saturated heterocycles. The van der Waals surface area contributed by atoms with Crippen LogP contribution >= 0.6 is 12.2 Å². The van der Waals surface area contributed by atoms with Crippen LogP contribution in [-0.4, -0.2) is 37.2 Å². The van der Waals surface area contributed by atoms with Crippen molar-refractivity contribution in [3.05, 3.63) is 90.0 Å². The maximum Gasteiger partial charge on any atom is 0.257 e. The quantitative estimate of drug-likeness (QED) is 0.360. The number of ether oxygens (including phenoxy) is 2. The zero-order chi connectivity index (χ0) is 22.8. The van der Waals surface area contributed by atoms with Crippen molar-refractivity contribution in [2.45, 2.75) is 0 Å². The molecule has 0 aliphatic rings. The fraction of sp³-hybridized carbons (Fsp3) is 0.125. The van der Waals surface area contributed by atoms with Crippen LogP contribution in [0.25, 0.3) is 0 Å². The summed E-state index contributed by atoms with van der Waals surface area (Å²) in [5, 5.41) is 8.20. The molecule has 0 aliphatic carbocycles. The minimum absolute atomic E-state index is 0.127. The maximum atomic E-state index is 12.4. The number of anilines is 1. The molecule has 8 heteroatoms. The molecule has 3 aromatic carbocycles. The Balaban J connectivity index is 1.45. The van der Waals surface area contributed by atoms with E-state index in [1.807, 2.05) is 30.3 Å². The highest BCUT2D eigenvalue weighted by Crippen LogP contribution is 2.14. The van der Waals surface area contributed by atoms with Crippen molar-refractivity contribution in [2.75, 3.05) is 25.6 Å². The van der Waals surface area contributed by atoms with Crippen LogP contribution in [0, 0.1) is 0 Å². The van der Waals surface area contributed by atoms with Crippen molar-refractivity contribution in [1.29, 1.82) is 0 Å². The van der Waals surface area contributed by atoms with Gasteiger partial charge in [-0.2, -0.15) is 0 Å². The number of hydrogen-bond donors (Lipinski definition) is 3. The second-order valence-corrected chi connectivity index (χ2v) is 7.01. The first-order chi connectivity index (χ1) is 15.5. The van der Waals surface area contributed by atoms with E-state index < -0.39 is 0 Å². The normalized spacial score (nSPS) is 10.0. The molecular weight excluding hydrogens is 426 g/mol. The summed E-state index contributed by atoms with van der Waals surface area (Å²) in [7, 11) is 1.56. The van der Waals surface area contributed by atoms with Crippen LogP contribution in [0.3, 0.4) is 0 Å². The molecule has 0 atom stereocenters. The number of amides is 2. The molecule has 0 radical (unpaired) electrons. The SMILES string of the molecule is CNC(=O)c1cccc(NC(=S)NC(=O)c2ccc(OCCOc3ccccc3)cc2)c1. The van der Waals surface area contributed by atoms with Crippen molar-refractivity contribution < 1.29 is 19.1 Å². The monoisotopic (exact) mass is 449 g/mol. The van der Waals surface area contributed by atoms with Gasteiger partial charge < -0.3 is 20.1 Å². The Morgan fingerprint density at radius 1 is 0.781 bits per heavy atom. The molecule has 0 bridgehead atoms. The minimum Gasteiger partial charge on any atom is -0.490 e. The first-order valence-corrected chi connectivity index (χ1v) is 10.3. The predicted molar refractivity (Wildman–Crippen MR) is 127 cm³/mol. The molecule has 0 fully saturated rings. The molecule has 0 aliphatic heterocycles. The van der Waals surface area contributed by atoms with E-state index in [1.165, 1.54) is 0 Å². The third-order valence-electron chi connectivity index (χ3n) is 4.32. The molecular formula is C24H23N3O4S. The Hall–Kier alpha value is -3.91. The number of para-hydroxylation sites is 1. The largest absolute Gasteiger partial charge is 0.490 e. The average Bonchev–Trinajstić information content (AvgIpc) is 2.82. The van der Waals surface area contributed by atoms with Crippen LogP contribution in [0.15, 0.2) is 78.9 Å². The molecule has 164 valence electrons. The van der Waals surface area contributed by atoms with Crippen molar-refractivity contribution in [3.63, 3.8) is 0 Å². The van der Waals surface area contributed by atoms with E-state index in [9.17, 15) is 9.59 Å². The molecule has 3 rings (SSSR count). The van der Waals surface area contributed by atoms with E-state index in [1.54, 1.807) is 55.6 Å². The highest BCUT2D eigenvalue weighted by atomic mass is 32.1. The third kappa shape index (κ3) is 6.82. The summed E-state index contributed by atoms with van der Waals surface area (Å²) in [6.45, 7) is 0.789. The first-order valence-electron chi connectivity index (χ1n) is 9.90. The molecule has 0 saturated carbocycles. The second kappa shape index (κ2) is 11.5. The van der Waals surface area contributed by atoms with Crippen LogP contribution in [0.5, 0.6) is 11.5 Å². The molecule has 2 amide bonds. The summed E-state index contributed by atoms with van der Waals surface area (Å²) in [5.41, 5.74) is 1.51. The Morgan fingerprint density at radius 3 is 2.09 bits per heavy atom. The zero-order valence-corrected chi connectivity index (χ0v) is 18.3. The molecule has 3 N–H and O–H groups in total. The molecule has 0 aromatic heterocycles. The highest BCUT2D eigenvalue weighted by Gasteiger charge is 2.09. The summed E-state index contributed by atoms with van der Waals surface area (Å²) in [6.07, 6.45) is 0. The van der Waals surface area contributed by atoms with E-state index in [0.717, 1.165) is 5.75 Å². The average molecular weight is 450 g/mol. The number of hydrogen-bond acceptors (Lipinski definition) is 5. The lowest BCUT2D eigenvalue weighted by Gasteiger charge is -2.11. The lowest BCUT2D eigenvalue weighted by molar-refractivity contribution is 0.0959. The summed E-state index contributed by atoms with van der Waals surface area (Å²) in [6, 6.07) is 23.0. The Bertz CT molecular complexity index is 1070. The summed E-state index contributed by atoms with van der Waals surface area (Å²) in [5.74, 6) is 0.847. The first kappa shape index (κ1) is 22.8. The molecule has 3 aromatic rings. The van der Waals surface area contributed by atoms with Gasteiger partial charge in [-0.3, -0.25) is 14.9 Å². The van der Waals surface area contributed by atoms with Crippen LogP contribution in [0.1, 0.15) is 20.7 Å². The Kier molecular flexibility index (Phi) is 8.16. The van der Waals surface area contributed by atoms with Gasteiger partial charge in [-0.25, -0.2) is 0 Å². The fourth-order valence-corrected chi connectivity index (χ4v) is 2.97. The molecule has 0 heterocycles. The Morgan fingerprint density at radius 2 is 1.44 bits per heavy atom. The van der Waals surface area contributed by atoms with Gasteiger partial charge in [-0.05, 0) is 66.8 Å². The fourth-order valence-electron chi connectivity index (χ4n) is 2.76. The van der Waals surface area contributed by atoms with Crippen molar-refractivity contribution in [2.24, 2.45) is 0 Å². The van der Waals surface area contributed by atoms with E-state index in [-0.39, 0.29) is 16.9 Å². The van der Waals surface area contributed by atoms with Gasteiger partial charge in [0.05, 0.1) is 0 Å². The molecule has 0 spiro atoms. The van der Waals surface area contributed by atoms with Crippen LogP contribution in [-0.2, 0) is 0 Å². The number of carbonyl (C=O) groups is 2. The van der Waals surface area contributed by atoms with Gasteiger partial charge in [-0.15, -0.1) is 0 Å². The smallest absolute Gasteiger partial charge is 0.257 e. The van der Waals surface area contributed by atoms with Gasteiger partial charge in [-0.1, -0.05) is 24.3 Å². The topological polar surface area (TPSA) is 88.7 Å². The maximum absolute atomic E-state index is 12.4. The number of rotatable bonds is 8. The van der Waals surface area contributed by atoms with Gasteiger partial charge >= 0.3 is 0 Å². The standard InChI is InChI=1S/C24H23N3O4S/c1-25-22(28)18-6-5-7-19(16-18)26-24(32)27-23(29)17-10-12-21(13-11-17)31-15-14-30-20-8-3-2-4-9-20/h2-13,16H,14-15H2,1H3,(H,25,28)(H2,26,27,29,32). The number of thiocarbonyl (C=S) groups is 1. The van der Waals surface area contributed by atoms with E-state index >= 15 is 0 Å². The summed E-state index contributed by atoms with van der Waals surface area (Å²) < 4.78 is 11.2.